The molecule has 0 aliphatic heterocycles. The molecular formula is C49H35NO. The van der Waals surface area contributed by atoms with E-state index in [0.717, 1.165) is 39.0 Å². The van der Waals surface area contributed by atoms with Crippen molar-refractivity contribution in [2.24, 2.45) is 0 Å². The molecular weight excluding hydrogens is 619 g/mol. The van der Waals surface area contributed by atoms with Crippen molar-refractivity contribution in [3.05, 3.63) is 187 Å². The number of anilines is 3. The fourth-order valence-corrected chi connectivity index (χ4v) is 8.42. The Bertz CT molecular complexity index is 2660. The summed E-state index contributed by atoms with van der Waals surface area (Å²) in [5.74, 6) is 0. The summed E-state index contributed by atoms with van der Waals surface area (Å²) in [6.07, 6.45) is 0. The minimum absolute atomic E-state index is 0.170. The standard InChI is InChI=1S/C49H35NO/c1-49(2)43-20-12-11-19-41(43)45-39-17-9-10-18-40(39)48-46(47(45)49)42-30-29-38(31-44(42)51-48)50(36-25-21-34(22-26-36)32-13-5-3-6-14-32)37-27-23-35(24-28-37)33-15-7-4-8-16-33/h3-31H,1-2H3. The quantitative estimate of drug-likeness (QED) is 0.184. The smallest absolute Gasteiger partial charge is 0.143 e. The molecule has 0 saturated heterocycles. The molecule has 8 aromatic carbocycles. The first-order chi connectivity index (χ1) is 25.1. The van der Waals surface area contributed by atoms with Gasteiger partial charge in [0.15, 0.2) is 0 Å². The summed E-state index contributed by atoms with van der Waals surface area (Å²) >= 11 is 0. The highest BCUT2D eigenvalue weighted by Crippen LogP contribution is 2.56. The second kappa shape index (κ2) is 11.3. The number of benzene rings is 8. The topological polar surface area (TPSA) is 16.4 Å². The normalized spacial score (nSPS) is 13.1. The Hall–Kier alpha value is -6.38. The number of hydrogen-bond donors (Lipinski definition) is 0. The van der Waals surface area contributed by atoms with Crippen LogP contribution < -0.4 is 4.90 Å². The Morgan fingerprint density at radius 2 is 0.961 bits per heavy atom. The van der Waals surface area contributed by atoms with E-state index in [-0.39, 0.29) is 5.41 Å². The zero-order valence-corrected chi connectivity index (χ0v) is 28.6. The first-order valence-corrected chi connectivity index (χ1v) is 17.7. The van der Waals surface area contributed by atoms with E-state index in [9.17, 15) is 0 Å². The molecule has 1 aliphatic carbocycles. The van der Waals surface area contributed by atoms with Crippen molar-refractivity contribution < 1.29 is 4.42 Å². The van der Waals surface area contributed by atoms with Crippen LogP contribution >= 0.6 is 0 Å². The van der Waals surface area contributed by atoms with Crippen molar-refractivity contribution >= 4 is 49.8 Å². The van der Waals surface area contributed by atoms with Crippen LogP contribution in [0.4, 0.5) is 17.1 Å². The lowest BCUT2D eigenvalue weighted by Gasteiger charge is -2.26. The molecule has 242 valence electrons. The Labute approximate surface area is 297 Å². The molecule has 1 heterocycles. The molecule has 1 aliphatic rings. The first kappa shape index (κ1) is 29.5. The maximum absolute atomic E-state index is 6.97. The summed E-state index contributed by atoms with van der Waals surface area (Å²) < 4.78 is 6.97. The van der Waals surface area contributed by atoms with Gasteiger partial charge in [0.05, 0.1) is 0 Å². The molecule has 9 aromatic rings. The number of furan rings is 1. The first-order valence-electron chi connectivity index (χ1n) is 17.7. The van der Waals surface area contributed by atoms with Gasteiger partial charge in [-0.1, -0.05) is 147 Å². The van der Waals surface area contributed by atoms with Gasteiger partial charge in [0.1, 0.15) is 11.2 Å². The van der Waals surface area contributed by atoms with Gasteiger partial charge in [0.2, 0.25) is 0 Å². The van der Waals surface area contributed by atoms with Crippen molar-refractivity contribution in [3.8, 4) is 33.4 Å². The maximum atomic E-state index is 6.97. The summed E-state index contributed by atoms with van der Waals surface area (Å²) in [7, 11) is 0. The van der Waals surface area contributed by atoms with Gasteiger partial charge < -0.3 is 9.32 Å². The van der Waals surface area contributed by atoms with E-state index >= 15 is 0 Å². The lowest BCUT2D eigenvalue weighted by atomic mass is 9.79. The molecule has 0 unspecified atom stereocenters. The SMILES string of the molecule is CC1(C)c2ccccc2-c2c1c1c3ccc(N(c4ccc(-c5ccccc5)cc4)c4ccc(-c5ccccc5)cc4)cc3oc1c1ccccc21. The Morgan fingerprint density at radius 1 is 0.451 bits per heavy atom. The van der Waals surface area contributed by atoms with Gasteiger partial charge in [-0.15, -0.1) is 0 Å². The van der Waals surface area contributed by atoms with Gasteiger partial charge in [-0.25, -0.2) is 0 Å². The van der Waals surface area contributed by atoms with Crippen LogP contribution in [0, 0.1) is 0 Å². The van der Waals surface area contributed by atoms with Crippen LogP contribution in [0.1, 0.15) is 25.0 Å². The van der Waals surface area contributed by atoms with Crippen LogP contribution in [0.25, 0.3) is 66.1 Å². The summed E-state index contributed by atoms with van der Waals surface area (Å²) in [6.45, 7) is 4.72. The molecule has 0 saturated carbocycles. The van der Waals surface area contributed by atoms with Crippen LogP contribution in [0.2, 0.25) is 0 Å². The van der Waals surface area contributed by atoms with E-state index in [4.69, 9.17) is 4.42 Å². The average molecular weight is 654 g/mol. The van der Waals surface area contributed by atoms with Crippen LogP contribution in [0.15, 0.2) is 180 Å². The summed E-state index contributed by atoms with van der Waals surface area (Å²) in [5.41, 5.74) is 15.1. The van der Waals surface area contributed by atoms with E-state index in [2.05, 4.69) is 195 Å². The molecule has 0 bridgehead atoms. The molecule has 1 aromatic heterocycles. The lowest BCUT2D eigenvalue weighted by Crippen LogP contribution is -2.15. The van der Waals surface area contributed by atoms with Crippen molar-refractivity contribution in [2.45, 2.75) is 19.3 Å². The fraction of sp³-hybridized carbons (Fsp3) is 0.0612. The predicted octanol–water partition coefficient (Wildman–Crippen LogP) is 13.8. The van der Waals surface area contributed by atoms with E-state index in [1.807, 2.05) is 0 Å². The molecule has 51 heavy (non-hydrogen) atoms. The van der Waals surface area contributed by atoms with Gasteiger partial charge in [-0.05, 0) is 86.3 Å². The third-order valence-electron chi connectivity index (χ3n) is 10.8. The van der Waals surface area contributed by atoms with Crippen LogP contribution in [-0.2, 0) is 5.41 Å². The summed E-state index contributed by atoms with van der Waals surface area (Å²) in [6, 6.07) is 63.2. The molecule has 10 rings (SSSR count). The molecule has 2 heteroatoms. The third-order valence-corrected chi connectivity index (χ3v) is 10.8. The number of rotatable bonds is 5. The van der Waals surface area contributed by atoms with E-state index in [1.165, 1.54) is 55.3 Å². The number of hydrogen-bond acceptors (Lipinski definition) is 2. The monoisotopic (exact) mass is 653 g/mol. The summed E-state index contributed by atoms with van der Waals surface area (Å²) in [4.78, 5) is 2.33. The maximum Gasteiger partial charge on any atom is 0.143 e. The van der Waals surface area contributed by atoms with Crippen molar-refractivity contribution in [2.75, 3.05) is 4.90 Å². The molecule has 0 atom stereocenters. The van der Waals surface area contributed by atoms with Gasteiger partial charge in [-0.3, -0.25) is 0 Å². The van der Waals surface area contributed by atoms with E-state index in [1.54, 1.807) is 0 Å². The third kappa shape index (κ3) is 4.57. The summed E-state index contributed by atoms with van der Waals surface area (Å²) in [5, 5.41) is 4.77. The van der Waals surface area contributed by atoms with Gasteiger partial charge >= 0.3 is 0 Å². The van der Waals surface area contributed by atoms with E-state index < -0.39 is 0 Å². The lowest BCUT2D eigenvalue weighted by molar-refractivity contribution is 0.659. The Kier molecular flexibility index (Phi) is 6.56. The fourth-order valence-electron chi connectivity index (χ4n) is 8.42. The largest absolute Gasteiger partial charge is 0.455 e. The number of nitrogens with zero attached hydrogens (tertiary/aromatic N) is 1. The predicted molar refractivity (Wildman–Crippen MR) is 214 cm³/mol. The van der Waals surface area contributed by atoms with Crippen LogP contribution in [0.5, 0.6) is 0 Å². The second-order valence-electron chi connectivity index (χ2n) is 14.1. The molecule has 0 N–H and O–H groups in total. The Morgan fingerprint density at radius 3 is 1.59 bits per heavy atom. The minimum atomic E-state index is -0.170. The average Bonchev–Trinajstić information content (AvgIpc) is 3.68. The van der Waals surface area contributed by atoms with Crippen molar-refractivity contribution in [1.29, 1.82) is 0 Å². The van der Waals surface area contributed by atoms with Crippen molar-refractivity contribution in [1.82, 2.24) is 0 Å². The zero-order valence-electron chi connectivity index (χ0n) is 28.6. The zero-order chi connectivity index (χ0) is 34.1. The molecule has 0 fully saturated rings. The highest BCUT2D eigenvalue weighted by molar-refractivity contribution is 6.23. The minimum Gasteiger partial charge on any atom is -0.455 e. The van der Waals surface area contributed by atoms with Gasteiger partial charge in [0.25, 0.3) is 0 Å². The van der Waals surface area contributed by atoms with Gasteiger partial charge in [-0.2, -0.15) is 0 Å². The highest BCUT2D eigenvalue weighted by Gasteiger charge is 2.39. The molecule has 0 spiro atoms. The molecule has 2 nitrogen and oxygen atoms in total. The van der Waals surface area contributed by atoms with Crippen molar-refractivity contribution in [3.63, 3.8) is 0 Å². The molecule has 0 amide bonds. The van der Waals surface area contributed by atoms with Crippen LogP contribution in [-0.4, -0.2) is 0 Å². The molecule has 0 radical (unpaired) electrons. The highest BCUT2D eigenvalue weighted by atomic mass is 16.3. The number of fused-ring (bicyclic) bond motifs is 10. The van der Waals surface area contributed by atoms with Gasteiger partial charge in [0, 0.05) is 44.7 Å². The van der Waals surface area contributed by atoms with E-state index in [0.29, 0.717) is 0 Å². The van der Waals surface area contributed by atoms with Crippen LogP contribution in [0.3, 0.4) is 0 Å². The second-order valence-corrected chi connectivity index (χ2v) is 14.1. The Balaban J connectivity index is 1.17.